The van der Waals surface area contributed by atoms with E-state index in [0.29, 0.717) is 17.1 Å². The van der Waals surface area contributed by atoms with Crippen LogP contribution in [0.5, 0.6) is 5.75 Å². The number of aryl methyl sites for hydroxylation is 1. The van der Waals surface area contributed by atoms with Crippen LogP contribution in [0.1, 0.15) is 12.5 Å². The average molecular weight is 461 g/mol. The Morgan fingerprint density at radius 2 is 1.58 bits per heavy atom. The molecule has 0 saturated carbocycles. The molecule has 33 heavy (non-hydrogen) atoms. The second-order valence-electron chi connectivity index (χ2n) is 7.72. The van der Waals surface area contributed by atoms with Crippen LogP contribution in [-0.4, -0.2) is 20.4 Å². The molecule has 0 aliphatic carbocycles. The number of fused-ring (bicyclic) bond motifs is 1. The van der Waals surface area contributed by atoms with Crippen molar-refractivity contribution < 1.29 is 17.9 Å². The van der Waals surface area contributed by atoms with Gasteiger partial charge < -0.3 is 10.1 Å². The van der Waals surface area contributed by atoms with E-state index in [2.05, 4.69) is 10.0 Å². The van der Waals surface area contributed by atoms with Crippen LogP contribution in [-0.2, 0) is 14.8 Å². The lowest BCUT2D eigenvalue weighted by molar-refractivity contribution is -0.122. The van der Waals surface area contributed by atoms with Crippen molar-refractivity contribution >= 4 is 38.1 Å². The predicted octanol–water partition coefficient (Wildman–Crippen LogP) is 5.36. The number of benzene rings is 4. The van der Waals surface area contributed by atoms with Crippen LogP contribution < -0.4 is 14.8 Å². The van der Waals surface area contributed by atoms with Crippen LogP contribution in [0.15, 0.2) is 95.9 Å². The molecule has 7 heteroatoms. The van der Waals surface area contributed by atoms with E-state index in [1.165, 1.54) is 12.1 Å². The van der Waals surface area contributed by atoms with Gasteiger partial charge in [-0.1, -0.05) is 48.5 Å². The number of nitrogens with one attached hydrogen (secondary N) is 2. The third-order valence-corrected chi connectivity index (χ3v) is 6.52. The first kappa shape index (κ1) is 22.4. The van der Waals surface area contributed by atoms with Gasteiger partial charge in [0, 0.05) is 11.1 Å². The number of amides is 1. The standard InChI is InChI=1S/C26H24N2O4S/c1-18-7-5-10-22(17-18)32-19(2)26(29)27-21-13-15-23(16-14-21)33(30,31)28-25-12-6-9-20-8-3-4-11-24(20)25/h3-17,19,28H,1-2H3,(H,27,29)/t19-/m0/s1. The van der Waals surface area contributed by atoms with Gasteiger partial charge in [0.1, 0.15) is 5.75 Å². The molecular formula is C26H24N2O4S. The van der Waals surface area contributed by atoms with Gasteiger partial charge in [0.15, 0.2) is 6.10 Å². The van der Waals surface area contributed by atoms with Gasteiger partial charge in [-0.2, -0.15) is 0 Å². The second kappa shape index (κ2) is 9.34. The van der Waals surface area contributed by atoms with Crippen molar-refractivity contribution in [1.29, 1.82) is 0 Å². The largest absolute Gasteiger partial charge is 0.481 e. The third-order valence-electron chi connectivity index (χ3n) is 5.14. The molecule has 0 fully saturated rings. The zero-order valence-corrected chi connectivity index (χ0v) is 19.1. The van der Waals surface area contributed by atoms with E-state index in [9.17, 15) is 13.2 Å². The number of carbonyl (C=O) groups excluding carboxylic acids is 1. The molecule has 4 rings (SSSR count). The summed E-state index contributed by atoms with van der Waals surface area (Å²) in [5.41, 5.74) is 2.02. The minimum Gasteiger partial charge on any atom is -0.481 e. The lowest BCUT2D eigenvalue weighted by Crippen LogP contribution is -2.30. The number of hydrogen-bond donors (Lipinski definition) is 2. The van der Waals surface area contributed by atoms with Gasteiger partial charge in [0.05, 0.1) is 10.6 Å². The van der Waals surface area contributed by atoms with Crippen LogP contribution >= 0.6 is 0 Å². The van der Waals surface area contributed by atoms with E-state index in [1.54, 1.807) is 37.3 Å². The molecule has 0 spiro atoms. The Kier molecular flexibility index (Phi) is 6.33. The van der Waals surface area contributed by atoms with E-state index in [-0.39, 0.29) is 10.8 Å². The molecule has 168 valence electrons. The van der Waals surface area contributed by atoms with Crippen LogP contribution in [0.4, 0.5) is 11.4 Å². The SMILES string of the molecule is Cc1cccc(O[C@@H](C)C(=O)Nc2ccc(S(=O)(=O)Nc3cccc4ccccc34)cc2)c1. The zero-order chi connectivity index (χ0) is 23.4. The second-order valence-corrected chi connectivity index (χ2v) is 9.40. The molecule has 0 bridgehead atoms. The summed E-state index contributed by atoms with van der Waals surface area (Å²) in [5, 5.41) is 4.51. The molecule has 0 unspecified atom stereocenters. The van der Waals surface area contributed by atoms with Crippen LogP contribution in [0.2, 0.25) is 0 Å². The summed E-state index contributed by atoms with van der Waals surface area (Å²) >= 11 is 0. The highest BCUT2D eigenvalue weighted by Gasteiger charge is 2.18. The number of hydrogen-bond acceptors (Lipinski definition) is 4. The van der Waals surface area contributed by atoms with E-state index < -0.39 is 16.1 Å². The van der Waals surface area contributed by atoms with Crippen molar-refractivity contribution in [2.24, 2.45) is 0 Å². The maximum Gasteiger partial charge on any atom is 0.265 e. The van der Waals surface area contributed by atoms with Crippen molar-refractivity contribution in [1.82, 2.24) is 0 Å². The smallest absolute Gasteiger partial charge is 0.265 e. The molecule has 0 saturated heterocycles. The van der Waals surface area contributed by atoms with Crippen molar-refractivity contribution in [2.75, 3.05) is 10.0 Å². The molecule has 1 amide bonds. The van der Waals surface area contributed by atoms with Gasteiger partial charge >= 0.3 is 0 Å². The summed E-state index contributed by atoms with van der Waals surface area (Å²) in [7, 11) is -3.80. The Morgan fingerprint density at radius 1 is 0.879 bits per heavy atom. The molecule has 6 nitrogen and oxygen atoms in total. The van der Waals surface area contributed by atoms with E-state index in [4.69, 9.17) is 4.74 Å². The average Bonchev–Trinajstić information content (AvgIpc) is 2.79. The number of sulfonamides is 1. The predicted molar refractivity (Wildman–Crippen MR) is 131 cm³/mol. The zero-order valence-electron chi connectivity index (χ0n) is 18.3. The lowest BCUT2D eigenvalue weighted by Gasteiger charge is -2.15. The maximum atomic E-state index is 12.9. The van der Waals surface area contributed by atoms with Crippen molar-refractivity contribution in [2.45, 2.75) is 24.8 Å². The fourth-order valence-corrected chi connectivity index (χ4v) is 4.51. The Hall–Kier alpha value is -3.84. The lowest BCUT2D eigenvalue weighted by atomic mass is 10.1. The van der Waals surface area contributed by atoms with Crippen LogP contribution in [0.3, 0.4) is 0 Å². The van der Waals surface area contributed by atoms with Crippen molar-refractivity contribution in [3.05, 3.63) is 96.6 Å². The van der Waals surface area contributed by atoms with E-state index in [0.717, 1.165) is 16.3 Å². The first-order chi connectivity index (χ1) is 15.8. The van der Waals surface area contributed by atoms with Crippen LogP contribution in [0, 0.1) is 6.92 Å². The number of anilines is 2. The Morgan fingerprint density at radius 3 is 2.33 bits per heavy atom. The molecule has 1 atom stereocenters. The number of carbonyl (C=O) groups is 1. The highest BCUT2D eigenvalue weighted by atomic mass is 32.2. The van der Waals surface area contributed by atoms with Crippen molar-refractivity contribution in [3.8, 4) is 5.75 Å². The molecule has 0 radical (unpaired) electrons. The highest BCUT2D eigenvalue weighted by Crippen LogP contribution is 2.26. The fraction of sp³-hybridized carbons (Fsp3) is 0.115. The van der Waals surface area contributed by atoms with E-state index in [1.807, 2.05) is 55.5 Å². The summed E-state index contributed by atoms with van der Waals surface area (Å²) in [6.07, 6.45) is -0.719. The molecule has 0 heterocycles. The first-order valence-electron chi connectivity index (χ1n) is 10.5. The monoisotopic (exact) mass is 460 g/mol. The van der Waals surface area contributed by atoms with Gasteiger partial charge in [-0.25, -0.2) is 8.42 Å². The summed E-state index contributed by atoms with van der Waals surface area (Å²) in [6, 6.07) is 26.5. The number of ether oxygens (including phenoxy) is 1. The van der Waals surface area contributed by atoms with Crippen LogP contribution in [0.25, 0.3) is 10.8 Å². The Balaban J connectivity index is 1.44. The van der Waals surface area contributed by atoms with Gasteiger partial charge in [0.2, 0.25) is 0 Å². The fourth-order valence-electron chi connectivity index (χ4n) is 3.43. The van der Waals surface area contributed by atoms with Crippen molar-refractivity contribution in [3.63, 3.8) is 0 Å². The van der Waals surface area contributed by atoms with Gasteiger partial charge in [0.25, 0.3) is 15.9 Å². The van der Waals surface area contributed by atoms with E-state index >= 15 is 0 Å². The topological polar surface area (TPSA) is 84.5 Å². The minimum atomic E-state index is -3.80. The molecular weight excluding hydrogens is 436 g/mol. The summed E-state index contributed by atoms with van der Waals surface area (Å²) in [6.45, 7) is 3.60. The minimum absolute atomic E-state index is 0.0949. The summed E-state index contributed by atoms with van der Waals surface area (Å²) < 4.78 is 34.1. The first-order valence-corrected chi connectivity index (χ1v) is 11.9. The highest BCUT2D eigenvalue weighted by molar-refractivity contribution is 7.92. The Labute approximate surface area is 193 Å². The summed E-state index contributed by atoms with van der Waals surface area (Å²) in [5.74, 6) is 0.277. The Bertz CT molecular complexity index is 1390. The van der Waals surface area contributed by atoms with Gasteiger partial charge in [-0.15, -0.1) is 0 Å². The molecule has 0 aliphatic heterocycles. The number of rotatable bonds is 7. The van der Waals surface area contributed by atoms with Gasteiger partial charge in [-0.3, -0.25) is 9.52 Å². The molecule has 0 aliphatic rings. The molecule has 2 N–H and O–H groups in total. The third kappa shape index (κ3) is 5.32. The molecule has 4 aromatic carbocycles. The molecule has 0 aromatic heterocycles. The quantitative estimate of drug-likeness (QED) is 0.389. The normalized spacial score (nSPS) is 12.2. The molecule has 4 aromatic rings. The van der Waals surface area contributed by atoms with Gasteiger partial charge in [-0.05, 0) is 67.3 Å². The summed E-state index contributed by atoms with van der Waals surface area (Å²) in [4.78, 5) is 12.6. The maximum absolute atomic E-state index is 12.9.